The highest BCUT2D eigenvalue weighted by Crippen LogP contribution is 2.38. The van der Waals surface area contributed by atoms with Gasteiger partial charge in [-0.2, -0.15) is 0 Å². The lowest BCUT2D eigenvalue weighted by Crippen LogP contribution is -2.19. The van der Waals surface area contributed by atoms with Crippen LogP contribution in [-0.2, 0) is 4.79 Å². The standard InChI is InChI=1S/C29H22FN3O3S2/c1-36-20-14-15-24-25(17-20)38-29(32-24)33-28(35)26(18-8-3-2-4-9-18)37-21-11-7-10-19(16-21)31-27(34)22-12-5-6-13-23(22)30/h2-17,26H,1H3,(H,31,34)(H,32,33,35). The van der Waals surface area contributed by atoms with Gasteiger partial charge in [0.15, 0.2) is 5.13 Å². The van der Waals surface area contributed by atoms with Crippen molar-refractivity contribution in [1.29, 1.82) is 0 Å². The lowest BCUT2D eigenvalue weighted by molar-refractivity contribution is -0.115. The summed E-state index contributed by atoms with van der Waals surface area (Å²) in [4.78, 5) is 31.4. The van der Waals surface area contributed by atoms with Gasteiger partial charge >= 0.3 is 0 Å². The van der Waals surface area contributed by atoms with Crippen LogP contribution in [0.2, 0.25) is 0 Å². The van der Waals surface area contributed by atoms with E-state index in [4.69, 9.17) is 4.74 Å². The summed E-state index contributed by atoms with van der Waals surface area (Å²) < 4.78 is 20.2. The highest BCUT2D eigenvalue weighted by Gasteiger charge is 2.24. The summed E-state index contributed by atoms with van der Waals surface area (Å²) in [7, 11) is 1.60. The Labute approximate surface area is 226 Å². The van der Waals surface area contributed by atoms with Gasteiger partial charge in [-0.25, -0.2) is 9.37 Å². The van der Waals surface area contributed by atoms with E-state index in [9.17, 15) is 14.0 Å². The Balaban J connectivity index is 1.37. The Morgan fingerprint density at radius 3 is 2.50 bits per heavy atom. The third kappa shape index (κ3) is 5.85. The molecule has 1 unspecified atom stereocenters. The zero-order valence-electron chi connectivity index (χ0n) is 20.2. The van der Waals surface area contributed by atoms with Gasteiger partial charge in [0.2, 0.25) is 5.91 Å². The molecular formula is C29H22FN3O3S2. The Hall–Kier alpha value is -4.21. The van der Waals surface area contributed by atoms with Crippen LogP contribution in [0.15, 0.2) is 102 Å². The van der Waals surface area contributed by atoms with Gasteiger partial charge in [-0.1, -0.05) is 59.9 Å². The van der Waals surface area contributed by atoms with Crippen LogP contribution in [0.1, 0.15) is 21.2 Å². The molecule has 5 aromatic rings. The highest BCUT2D eigenvalue weighted by molar-refractivity contribution is 8.00. The van der Waals surface area contributed by atoms with Gasteiger partial charge in [0.1, 0.15) is 16.8 Å². The van der Waals surface area contributed by atoms with E-state index in [1.165, 1.54) is 41.3 Å². The first kappa shape index (κ1) is 25.4. The Morgan fingerprint density at radius 1 is 0.921 bits per heavy atom. The lowest BCUT2D eigenvalue weighted by atomic mass is 10.1. The number of amides is 2. The van der Waals surface area contributed by atoms with Gasteiger partial charge in [-0.3, -0.25) is 9.59 Å². The van der Waals surface area contributed by atoms with Crippen molar-refractivity contribution in [3.8, 4) is 5.75 Å². The Kier molecular flexibility index (Phi) is 7.67. The molecule has 5 rings (SSSR count). The number of fused-ring (bicyclic) bond motifs is 1. The topological polar surface area (TPSA) is 80.3 Å². The number of carbonyl (C=O) groups excluding carboxylic acids is 2. The maximum absolute atomic E-state index is 14.0. The third-order valence-corrected chi connectivity index (χ3v) is 7.81. The van der Waals surface area contributed by atoms with E-state index in [0.717, 1.165) is 26.4 Å². The van der Waals surface area contributed by atoms with E-state index in [1.807, 2.05) is 54.6 Å². The predicted molar refractivity (Wildman–Crippen MR) is 151 cm³/mol. The minimum atomic E-state index is -0.593. The van der Waals surface area contributed by atoms with Crippen molar-refractivity contribution >= 4 is 55.9 Å². The average molecular weight is 544 g/mol. The quantitative estimate of drug-likeness (QED) is 0.203. The monoisotopic (exact) mass is 543 g/mol. The molecule has 0 saturated carbocycles. The fourth-order valence-electron chi connectivity index (χ4n) is 3.78. The van der Waals surface area contributed by atoms with Gasteiger partial charge in [0.05, 0.1) is 22.9 Å². The van der Waals surface area contributed by atoms with Gasteiger partial charge in [0.25, 0.3) is 5.91 Å². The number of methoxy groups -OCH3 is 1. The number of ether oxygens (including phenoxy) is 1. The molecule has 1 atom stereocenters. The maximum Gasteiger partial charge on any atom is 0.258 e. The molecule has 6 nitrogen and oxygen atoms in total. The largest absolute Gasteiger partial charge is 0.497 e. The molecular weight excluding hydrogens is 521 g/mol. The molecule has 0 aliphatic rings. The van der Waals surface area contributed by atoms with Gasteiger partial charge < -0.3 is 15.4 Å². The molecule has 9 heteroatoms. The second-order valence-corrected chi connectivity index (χ2v) is 10.4. The fraction of sp³-hybridized carbons (Fsp3) is 0.0690. The molecule has 0 bridgehead atoms. The van der Waals surface area contributed by atoms with E-state index >= 15 is 0 Å². The van der Waals surface area contributed by atoms with Crippen LogP contribution in [0.3, 0.4) is 0 Å². The molecule has 1 aromatic heterocycles. The summed E-state index contributed by atoms with van der Waals surface area (Å²) in [6, 6.07) is 27.9. The van der Waals surface area contributed by atoms with Crippen molar-refractivity contribution in [2.24, 2.45) is 0 Å². The van der Waals surface area contributed by atoms with E-state index in [0.29, 0.717) is 10.8 Å². The first-order valence-corrected chi connectivity index (χ1v) is 13.3. The summed E-state index contributed by atoms with van der Waals surface area (Å²) >= 11 is 2.71. The molecule has 0 saturated heterocycles. The van der Waals surface area contributed by atoms with Crippen LogP contribution in [-0.4, -0.2) is 23.9 Å². The molecule has 0 aliphatic carbocycles. The second-order valence-electron chi connectivity index (χ2n) is 8.21. The smallest absolute Gasteiger partial charge is 0.258 e. The predicted octanol–water partition coefficient (Wildman–Crippen LogP) is 7.17. The van der Waals surface area contributed by atoms with Crippen LogP contribution < -0.4 is 15.4 Å². The van der Waals surface area contributed by atoms with Crippen LogP contribution in [0, 0.1) is 5.82 Å². The van der Waals surface area contributed by atoms with E-state index in [-0.39, 0.29) is 11.5 Å². The number of benzene rings is 4. The molecule has 190 valence electrons. The van der Waals surface area contributed by atoms with Gasteiger partial charge in [-0.15, -0.1) is 11.8 Å². The number of hydrogen-bond acceptors (Lipinski definition) is 6. The summed E-state index contributed by atoms with van der Waals surface area (Å²) in [5.74, 6) is -0.647. The van der Waals surface area contributed by atoms with Crippen LogP contribution in [0.25, 0.3) is 10.2 Å². The van der Waals surface area contributed by atoms with E-state index in [1.54, 1.807) is 31.4 Å². The first-order chi connectivity index (χ1) is 18.5. The molecule has 1 heterocycles. The second kappa shape index (κ2) is 11.5. The molecule has 0 fully saturated rings. The van der Waals surface area contributed by atoms with Crippen LogP contribution in [0.5, 0.6) is 5.75 Å². The van der Waals surface area contributed by atoms with Gasteiger partial charge in [-0.05, 0) is 54.1 Å². The first-order valence-electron chi connectivity index (χ1n) is 11.6. The molecule has 0 radical (unpaired) electrons. The molecule has 0 spiro atoms. The average Bonchev–Trinajstić information content (AvgIpc) is 3.34. The molecule has 2 amide bonds. The number of rotatable bonds is 8. The number of hydrogen-bond donors (Lipinski definition) is 2. The SMILES string of the molecule is COc1ccc2nc(NC(=O)C(Sc3cccc(NC(=O)c4ccccc4F)c3)c3ccccc3)sc2c1. The van der Waals surface area contributed by atoms with Crippen LogP contribution in [0.4, 0.5) is 15.2 Å². The number of nitrogens with one attached hydrogen (secondary N) is 2. The molecule has 0 aliphatic heterocycles. The summed E-state index contributed by atoms with van der Waals surface area (Å²) in [6.07, 6.45) is 0. The molecule has 4 aromatic carbocycles. The summed E-state index contributed by atoms with van der Waals surface area (Å²) in [6.45, 7) is 0. The van der Waals surface area contributed by atoms with Crippen molar-refractivity contribution in [1.82, 2.24) is 4.98 Å². The lowest BCUT2D eigenvalue weighted by Gasteiger charge is -2.17. The minimum absolute atomic E-state index is 0.0412. The number of thiazole rings is 1. The third-order valence-electron chi connectivity index (χ3n) is 5.63. The van der Waals surface area contributed by atoms with Gasteiger partial charge in [0, 0.05) is 10.6 Å². The number of nitrogens with zero attached hydrogens (tertiary/aromatic N) is 1. The Morgan fingerprint density at radius 2 is 1.71 bits per heavy atom. The highest BCUT2D eigenvalue weighted by atomic mass is 32.2. The number of anilines is 2. The van der Waals surface area contributed by atoms with Crippen molar-refractivity contribution in [2.45, 2.75) is 10.1 Å². The zero-order chi connectivity index (χ0) is 26.5. The number of halogens is 1. The normalized spacial score (nSPS) is 11.6. The van der Waals surface area contributed by atoms with E-state index in [2.05, 4.69) is 15.6 Å². The van der Waals surface area contributed by atoms with Crippen molar-refractivity contribution in [3.05, 3.63) is 114 Å². The summed E-state index contributed by atoms with van der Waals surface area (Å²) in [5.41, 5.74) is 2.04. The Bertz CT molecular complexity index is 1610. The number of aromatic nitrogens is 1. The van der Waals surface area contributed by atoms with Crippen molar-refractivity contribution in [2.75, 3.05) is 17.7 Å². The number of carbonyl (C=O) groups is 2. The zero-order valence-corrected chi connectivity index (χ0v) is 21.8. The minimum Gasteiger partial charge on any atom is -0.497 e. The maximum atomic E-state index is 14.0. The van der Waals surface area contributed by atoms with Crippen molar-refractivity contribution in [3.63, 3.8) is 0 Å². The fourth-order valence-corrected chi connectivity index (χ4v) is 5.76. The van der Waals surface area contributed by atoms with Crippen LogP contribution >= 0.6 is 23.1 Å². The van der Waals surface area contributed by atoms with E-state index < -0.39 is 17.0 Å². The summed E-state index contributed by atoms with van der Waals surface area (Å²) in [5, 5.41) is 5.60. The molecule has 2 N–H and O–H groups in total. The molecule has 38 heavy (non-hydrogen) atoms. The van der Waals surface area contributed by atoms with Crippen molar-refractivity contribution < 1.29 is 18.7 Å². The number of thioether (sulfide) groups is 1.